The molecule has 0 aromatic carbocycles. The van der Waals surface area contributed by atoms with E-state index in [9.17, 15) is 4.79 Å². The lowest BCUT2D eigenvalue weighted by molar-refractivity contribution is -0.107. The van der Waals surface area contributed by atoms with Crippen LogP contribution in [0.5, 0.6) is 0 Å². The predicted octanol–water partition coefficient (Wildman–Crippen LogP) is 3.49. The topological polar surface area (TPSA) is 17.1 Å². The van der Waals surface area contributed by atoms with Gasteiger partial charge in [0.1, 0.15) is 6.29 Å². The molecule has 0 aromatic heterocycles. The van der Waals surface area contributed by atoms with E-state index >= 15 is 0 Å². The molecule has 0 spiro atoms. The van der Waals surface area contributed by atoms with Crippen molar-refractivity contribution in [1.29, 1.82) is 0 Å². The Morgan fingerprint density at radius 1 is 0.917 bits per heavy atom. The quantitative estimate of drug-likeness (QED) is 0.308. The molecule has 0 amide bonds. The average Bonchev–Trinajstić information content (AvgIpc) is 2.10. The molecule has 70 valence electrons. The highest BCUT2D eigenvalue weighted by Crippen LogP contribution is 2.01. The van der Waals surface area contributed by atoms with Crippen LogP contribution in [0.15, 0.2) is 12.2 Å². The summed E-state index contributed by atoms with van der Waals surface area (Å²) in [6.45, 7) is 2.22. The second-order valence-electron chi connectivity index (χ2n) is 3.06. The van der Waals surface area contributed by atoms with Crippen LogP contribution in [-0.2, 0) is 4.79 Å². The van der Waals surface area contributed by atoms with Gasteiger partial charge < -0.3 is 4.79 Å². The monoisotopic (exact) mass is 168 g/mol. The standard InChI is InChI=1S/C11H20O/c1-2-3-4-5-6-7-8-9-10-11-12/h6-7,11H,2-5,8-10H2,1H3/b7-6+. The number of allylic oxidation sites excluding steroid dienone is 2. The summed E-state index contributed by atoms with van der Waals surface area (Å²) in [6.07, 6.45) is 13.3. The molecule has 0 aliphatic carbocycles. The van der Waals surface area contributed by atoms with Crippen LogP contribution in [0, 0.1) is 0 Å². The Hall–Kier alpha value is -0.590. The highest BCUT2D eigenvalue weighted by atomic mass is 16.1. The highest BCUT2D eigenvalue weighted by Gasteiger charge is 1.83. The first kappa shape index (κ1) is 11.4. The summed E-state index contributed by atoms with van der Waals surface area (Å²) in [6, 6.07) is 0. The van der Waals surface area contributed by atoms with Crippen molar-refractivity contribution in [1.82, 2.24) is 0 Å². The van der Waals surface area contributed by atoms with Gasteiger partial charge in [-0.2, -0.15) is 0 Å². The maximum absolute atomic E-state index is 9.95. The number of carbonyl (C=O) groups is 1. The summed E-state index contributed by atoms with van der Waals surface area (Å²) in [5.41, 5.74) is 0. The van der Waals surface area contributed by atoms with Gasteiger partial charge in [-0.05, 0) is 25.7 Å². The molecule has 0 aliphatic rings. The zero-order valence-corrected chi connectivity index (χ0v) is 8.09. The maximum atomic E-state index is 9.95. The molecule has 0 radical (unpaired) electrons. The molecule has 0 aromatic rings. The van der Waals surface area contributed by atoms with Crippen LogP contribution in [0.4, 0.5) is 0 Å². The van der Waals surface area contributed by atoms with Crippen molar-refractivity contribution in [2.45, 2.75) is 51.9 Å². The third-order valence-corrected chi connectivity index (χ3v) is 1.83. The lowest BCUT2D eigenvalue weighted by atomic mass is 10.2. The molecule has 0 heterocycles. The van der Waals surface area contributed by atoms with Gasteiger partial charge in [0.25, 0.3) is 0 Å². The Kier molecular flexibility index (Phi) is 9.90. The third-order valence-electron chi connectivity index (χ3n) is 1.83. The summed E-state index contributed by atoms with van der Waals surface area (Å²) >= 11 is 0. The Morgan fingerprint density at radius 2 is 1.58 bits per heavy atom. The Balaban J connectivity index is 2.98. The van der Waals surface area contributed by atoms with Gasteiger partial charge in [0.05, 0.1) is 0 Å². The fourth-order valence-corrected chi connectivity index (χ4v) is 1.07. The smallest absolute Gasteiger partial charge is 0.120 e. The molecule has 0 aliphatic heterocycles. The van der Waals surface area contributed by atoms with Crippen LogP contribution in [0.2, 0.25) is 0 Å². The second kappa shape index (κ2) is 10.4. The van der Waals surface area contributed by atoms with Gasteiger partial charge in [-0.1, -0.05) is 31.9 Å². The Morgan fingerprint density at radius 3 is 2.17 bits per heavy atom. The van der Waals surface area contributed by atoms with E-state index in [1.165, 1.54) is 25.7 Å². The summed E-state index contributed by atoms with van der Waals surface area (Å²) in [5, 5.41) is 0. The summed E-state index contributed by atoms with van der Waals surface area (Å²) < 4.78 is 0. The number of rotatable bonds is 8. The first-order valence-corrected chi connectivity index (χ1v) is 5.00. The van der Waals surface area contributed by atoms with Gasteiger partial charge in [-0.15, -0.1) is 0 Å². The first-order chi connectivity index (χ1) is 5.91. The molecule has 0 fully saturated rings. The highest BCUT2D eigenvalue weighted by molar-refractivity contribution is 5.48. The molecule has 0 saturated heterocycles. The Bertz CT molecular complexity index is 116. The van der Waals surface area contributed by atoms with E-state index in [-0.39, 0.29) is 0 Å². The molecule has 0 bridgehead atoms. The van der Waals surface area contributed by atoms with Crippen LogP contribution in [0.25, 0.3) is 0 Å². The third kappa shape index (κ3) is 9.41. The second-order valence-corrected chi connectivity index (χ2v) is 3.06. The van der Waals surface area contributed by atoms with Crippen LogP contribution in [-0.4, -0.2) is 6.29 Å². The van der Waals surface area contributed by atoms with Crippen LogP contribution >= 0.6 is 0 Å². The van der Waals surface area contributed by atoms with Gasteiger partial charge >= 0.3 is 0 Å². The first-order valence-electron chi connectivity index (χ1n) is 5.00. The van der Waals surface area contributed by atoms with Crippen molar-refractivity contribution in [3.63, 3.8) is 0 Å². The summed E-state index contributed by atoms with van der Waals surface area (Å²) in [5.74, 6) is 0. The average molecular weight is 168 g/mol. The van der Waals surface area contributed by atoms with Gasteiger partial charge in [0, 0.05) is 6.42 Å². The van der Waals surface area contributed by atoms with Crippen molar-refractivity contribution >= 4 is 6.29 Å². The predicted molar refractivity (Wildman–Crippen MR) is 53.2 cm³/mol. The van der Waals surface area contributed by atoms with Crippen molar-refractivity contribution in [2.75, 3.05) is 0 Å². The molecule has 0 N–H and O–H groups in total. The fourth-order valence-electron chi connectivity index (χ4n) is 1.07. The normalized spacial score (nSPS) is 10.8. The fraction of sp³-hybridized carbons (Fsp3) is 0.727. The zero-order valence-electron chi connectivity index (χ0n) is 8.09. The van der Waals surface area contributed by atoms with Gasteiger partial charge in [0.2, 0.25) is 0 Å². The molecule has 12 heavy (non-hydrogen) atoms. The molecule has 1 heteroatoms. The zero-order chi connectivity index (χ0) is 9.07. The van der Waals surface area contributed by atoms with E-state index < -0.39 is 0 Å². The lowest BCUT2D eigenvalue weighted by Crippen LogP contribution is -1.74. The van der Waals surface area contributed by atoms with E-state index in [1.54, 1.807) is 0 Å². The van der Waals surface area contributed by atoms with Crippen molar-refractivity contribution in [2.24, 2.45) is 0 Å². The van der Waals surface area contributed by atoms with E-state index in [4.69, 9.17) is 0 Å². The molecule has 0 rings (SSSR count). The minimum absolute atomic E-state index is 0.708. The number of unbranched alkanes of at least 4 members (excludes halogenated alkanes) is 5. The summed E-state index contributed by atoms with van der Waals surface area (Å²) in [4.78, 5) is 9.95. The molecular formula is C11H20O. The van der Waals surface area contributed by atoms with Crippen molar-refractivity contribution < 1.29 is 4.79 Å². The van der Waals surface area contributed by atoms with Gasteiger partial charge in [-0.3, -0.25) is 0 Å². The lowest BCUT2D eigenvalue weighted by Gasteiger charge is -1.91. The van der Waals surface area contributed by atoms with Crippen molar-refractivity contribution in [3.05, 3.63) is 12.2 Å². The van der Waals surface area contributed by atoms with Gasteiger partial charge in [-0.25, -0.2) is 0 Å². The molecule has 1 nitrogen and oxygen atoms in total. The Labute approximate surface area is 75.9 Å². The molecular weight excluding hydrogens is 148 g/mol. The van der Waals surface area contributed by atoms with Crippen molar-refractivity contribution in [3.8, 4) is 0 Å². The number of hydrogen-bond acceptors (Lipinski definition) is 1. The minimum atomic E-state index is 0.708. The van der Waals surface area contributed by atoms with Crippen LogP contribution in [0.3, 0.4) is 0 Å². The number of carbonyl (C=O) groups excluding carboxylic acids is 1. The van der Waals surface area contributed by atoms with E-state index in [0.29, 0.717) is 6.42 Å². The number of hydrogen-bond donors (Lipinski definition) is 0. The molecule has 0 unspecified atom stereocenters. The SMILES string of the molecule is CCCCC/C=C/CCCC=O. The van der Waals surface area contributed by atoms with E-state index in [2.05, 4.69) is 19.1 Å². The maximum Gasteiger partial charge on any atom is 0.120 e. The largest absolute Gasteiger partial charge is 0.303 e. The van der Waals surface area contributed by atoms with E-state index in [0.717, 1.165) is 19.1 Å². The van der Waals surface area contributed by atoms with Crippen LogP contribution < -0.4 is 0 Å². The van der Waals surface area contributed by atoms with E-state index in [1.807, 2.05) is 0 Å². The number of aldehydes is 1. The van der Waals surface area contributed by atoms with Gasteiger partial charge in [0.15, 0.2) is 0 Å². The minimum Gasteiger partial charge on any atom is -0.303 e. The molecule has 0 saturated carbocycles. The van der Waals surface area contributed by atoms with Crippen LogP contribution in [0.1, 0.15) is 51.9 Å². The summed E-state index contributed by atoms with van der Waals surface area (Å²) in [7, 11) is 0. The molecule has 0 atom stereocenters.